The van der Waals surface area contributed by atoms with Crippen LogP contribution in [0.5, 0.6) is 0 Å². The molecule has 3 nitrogen and oxygen atoms in total. The van der Waals surface area contributed by atoms with Crippen molar-refractivity contribution in [2.75, 3.05) is 20.2 Å². The summed E-state index contributed by atoms with van der Waals surface area (Å²) in [7, 11) is 1.45. The molecule has 0 saturated heterocycles. The van der Waals surface area contributed by atoms with Gasteiger partial charge >= 0.3 is 5.97 Å². The highest BCUT2D eigenvalue weighted by atomic mass is 16.5. The lowest BCUT2D eigenvalue weighted by molar-refractivity contribution is -0.141. The lowest BCUT2D eigenvalue weighted by Crippen LogP contribution is -2.24. The predicted octanol–water partition coefficient (Wildman–Crippen LogP) is 3.38. The van der Waals surface area contributed by atoms with Crippen LogP contribution in [0.4, 0.5) is 0 Å². The summed E-state index contributed by atoms with van der Waals surface area (Å²) in [6.45, 7) is 11.1. The second-order valence-corrected chi connectivity index (χ2v) is 6.28. The number of hydrogen-bond donors (Lipinski definition) is 1. The Bertz CT molecular complexity index is 225. The molecule has 0 aromatic carbocycles. The molecule has 0 aliphatic heterocycles. The normalized spacial score (nSPS) is 11.9. The second-order valence-electron chi connectivity index (χ2n) is 6.28. The number of carbonyl (C=O) groups excluding carboxylic acids is 1. The molecule has 1 N–H and O–H groups in total. The van der Waals surface area contributed by atoms with Gasteiger partial charge in [-0.2, -0.15) is 0 Å². The van der Waals surface area contributed by atoms with Gasteiger partial charge in [0.25, 0.3) is 0 Å². The molecule has 0 aromatic rings. The van der Waals surface area contributed by atoms with Crippen LogP contribution in [0.15, 0.2) is 0 Å². The van der Waals surface area contributed by atoms with Crippen LogP contribution in [0.1, 0.15) is 59.8 Å². The Labute approximate surface area is 113 Å². The average molecular weight is 257 g/mol. The molecular weight excluding hydrogens is 226 g/mol. The first-order chi connectivity index (χ1) is 8.37. The number of carbonyl (C=O) groups is 1. The molecule has 18 heavy (non-hydrogen) atoms. The van der Waals surface area contributed by atoms with Gasteiger partial charge in [0.15, 0.2) is 0 Å². The number of ether oxygens (including phenoxy) is 1. The SMILES string of the molecule is COC(=O)CCC(C)(C)CCNCCCC(C)C. The van der Waals surface area contributed by atoms with Crippen LogP contribution >= 0.6 is 0 Å². The molecule has 0 unspecified atom stereocenters. The average Bonchev–Trinajstić information content (AvgIpc) is 2.30. The molecule has 0 fully saturated rings. The van der Waals surface area contributed by atoms with Gasteiger partial charge in [-0.05, 0) is 50.1 Å². The molecule has 0 aromatic heterocycles. The fraction of sp³-hybridized carbons (Fsp3) is 0.933. The van der Waals surface area contributed by atoms with E-state index >= 15 is 0 Å². The van der Waals surface area contributed by atoms with E-state index in [1.54, 1.807) is 0 Å². The van der Waals surface area contributed by atoms with E-state index in [0.717, 1.165) is 31.8 Å². The Morgan fingerprint density at radius 3 is 2.44 bits per heavy atom. The maximum Gasteiger partial charge on any atom is 0.305 e. The molecule has 108 valence electrons. The summed E-state index contributed by atoms with van der Waals surface area (Å²) >= 11 is 0. The van der Waals surface area contributed by atoms with Crippen molar-refractivity contribution in [1.82, 2.24) is 5.32 Å². The Morgan fingerprint density at radius 2 is 1.89 bits per heavy atom. The van der Waals surface area contributed by atoms with E-state index < -0.39 is 0 Å². The zero-order chi connectivity index (χ0) is 14.0. The van der Waals surface area contributed by atoms with Crippen molar-refractivity contribution in [2.45, 2.75) is 59.8 Å². The third kappa shape index (κ3) is 10.6. The second kappa shape index (κ2) is 9.37. The minimum absolute atomic E-state index is 0.104. The van der Waals surface area contributed by atoms with Gasteiger partial charge in [0, 0.05) is 6.42 Å². The highest BCUT2D eigenvalue weighted by Gasteiger charge is 2.18. The fourth-order valence-electron chi connectivity index (χ4n) is 1.85. The van der Waals surface area contributed by atoms with E-state index in [9.17, 15) is 4.79 Å². The quantitative estimate of drug-likeness (QED) is 0.481. The van der Waals surface area contributed by atoms with E-state index in [1.807, 2.05) is 0 Å². The van der Waals surface area contributed by atoms with Gasteiger partial charge in [-0.1, -0.05) is 27.7 Å². The monoisotopic (exact) mass is 257 g/mol. The van der Waals surface area contributed by atoms with E-state index in [2.05, 4.69) is 37.7 Å². The maximum atomic E-state index is 11.1. The smallest absolute Gasteiger partial charge is 0.305 e. The van der Waals surface area contributed by atoms with Crippen LogP contribution in [-0.2, 0) is 9.53 Å². The van der Waals surface area contributed by atoms with E-state index in [4.69, 9.17) is 0 Å². The molecule has 0 radical (unpaired) electrons. The van der Waals surface area contributed by atoms with Crippen LogP contribution < -0.4 is 5.32 Å². The van der Waals surface area contributed by atoms with Crippen molar-refractivity contribution in [3.63, 3.8) is 0 Å². The topological polar surface area (TPSA) is 38.3 Å². The highest BCUT2D eigenvalue weighted by Crippen LogP contribution is 2.26. The summed E-state index contributed by atoms with van der Waals surface area (Å²) in [6, 6.07) is 0. The van der Waals surface area contributed by atoms with E-state index in [1.165, 1.54) is 20.0 Å². The van der Waals surface area contributed by atoms with Crippen LogP contribution in [0.3, 0.4) is 0 Å². The van der Waals surface area contributed by atoms with E-state index in [-0.39, 0.29) is 11.4 Å². The Balaban J connectivity index is 3.54. The number of nitrogens with one attached hydrogen (secondary N) is 1. The lowest BCUT2D eigenvalue weighted by atomic mass is 9.84. The van der Waals surface area contributed by atoms with Crippen molar-refractivity contribution in [3.8, 4) is 0 Å². The van der Waals surface area contributed by atoms with Gasteiger partial charge in [-0.3, -0.25) is 4.79 Å². The number of methoxy groups -OCH3 is 1. The molecule has 0 amide bonds. The molecule has 0 saturated carbocycles. The summed E-state index contributed by atoms with van der Waals surface area (Å²) in [4.78, 5) is 11.1. The summed E-state index contributed by atoms with van der Waals surface area (Å²) in [5.74, 6) is 0.691. The van der Waals surface area contributed by atoms with Gasteiger partial charge in [-0.15, -0.1) is 0 Å². The lowest BCUT2D eigenvalue weighted by Gasteiger charge is -2.24. The predicted molar refractivity (Wildman–Crippen MR) is 76.6 cm³/mol. The molecule has 3 heteroatoms. The van der Waals surface area contributed by atoms with Crippen molar-refractivity contribution in [2.24, 2.45) is 11.3 Å². The zero-order valence-electron chi connectivity index (χ0n) is 12.8. The van der Waals surface area contributed by atoms with Gasteiger partial charge in [-0.25, -0.2) is 0 Å². The largest absolute Gasteiger partial charge is 0.469 e. The zero-order valence-corrected chi connectivity index (χ0v) is 12.8. The Kier molecular flexibility index (Phi) is 9.08. The van der Waals surface area contributed by atoms with Crippen LogP contribution in [-0.4, -0.2) is 26.2 Å². The van der Waals surface area contributed by atoms with Gasteiger partial charge in [0.05, 0.1) is 7.11 Å². The first-order valence-electron chi connectivity index (χ1n) is 7.15. The van der Waals surface area contributed by atoms with E-state index in [0.29, 0.717) is 6.42 Å². The highest BCUT2D eigenvalue weighted by molar-refractivity contribution is 5.69. The summed E-state index contributed by atoms with van der Waals surface area (Å²) in [6.07, 6.45) is 5.06. The number of rotatable bonds is 10. The molecule has 0 heterocycles. The standard InChI is InChI=1S/C15H31NO2/c1-13(2)7-6-11-16-12-10-15(3,4)9-8-14(17)18-5/h13,16H,6-12H2,1-5H3. The molecule has 0 atom stereocenters. The Hall–Kier alpha value is -0.570. The molecule has 0 bridgehead atoms. The third-order valence-corrected chi connectivity index (χ3v) is 3.35. The first kappa shape index (κ1) is 17.4. The molecule has 0 spiro atoms. The molecule has 0 rings (SSSR count). The maximum absolute atomic E-state index is 11.1. The molecule has 0 aliphatic carbocycles. The number of hydrogen-bond acceptors (Lipinski definition) is 3. The number of esters is 1. The molecular formula is C15H31NO2. The van der Waals surface area contributed by atoms with Crippen molar-refractivity contribution in [3.05, 3.63) is 0 Å². The first-order valence-corrected chi connectivity index (χ1v) is 7.15. The summed E-state index contributed by atoms with van der Waals surface area (Å²) in [5.41, 5.74) is 0.208. The van der Waals surface area contributed by atoms with Crippen LogP contribution in [0.25, 0.3) is 0 Å². The summed E-state index contributed by atoms with van der Waals surface area (Å²) < 4.78 is 4.67. The van der Waals surface area contributed by atoms with Crippen LogP contribution in [0.2, 0.25) is 0 Å². The summed E-state index contributed by atoms with van der Waals surface area (Å²) in [5, 5.41) is 3.48. The van der Waals surface area contributed by atoms with Crippen molar-refractivity contribution >= 4 is 5.97 Å². The van der Waals surface area contributed by atoms with Crippen molar-refractivity contribution < 1.29 is 9.53 Å². The third-order valence-electron chi connectivity index (χ3n) is 3.35. The minimum Gasteiger partial charge on any atom is -0.469 e. The van der Waals surface area contributed by atoms with Crippen molar-refractivity contribution in [1.29, 1.82) is 0 Å². The van der Waals surface area contributed by atoms with Crippen LogP contribution in [0, 0.1) is 11.3 Å². The van der Waals surface area contributed by atoms with Gasteiger partial charge in [0.1, 0.15) is 0 Å². The van der Waals surface area contributed by atoms with Gasteiger partial charge in [0.2, 0.25) is 0 Å². The molecule has 0 aliphatic rings. The van der Waals surface area contributed by atoms with Gasteiger partial charge < -0.3 is 10.1 Å². The Morgan fingerprint density at radius 1 is 1.22 bits per heavy atom. The minimum atomic E-state index is -0.104. The fourth-order valence-corrected chi connectivity index (χ4v) is 1.85.